The van der Waals surface area contributed by atoms with E-state index >= 15 is 0 Å². The summed E-state index contributed by atoms with van der Waals surface area (Å²) in [6.07, 6.45) is 1.33. The smallest absolute Gasteiger partial charge is 0.133 e. The van der Waals surface area contributed by atoms with Crippen LogP contribution >= 0.6 is 15.9 Å². The molecular formula is C18H30BrNO. The fourth-order valence-electron chi connectivity index (χ4n) is 2.73. The summed E-state index contributed by atoms with van der Waals surface area (Å²) in [7, 11) is 0. The van der Waals surface area contributed by atoms with Crippen molar-refractivity contribution in [3.63, 3.8) is 0 Å². The minimum atomic E-state index is 0.123. The van der Waals surface area contributed by atoms with Gasteiger partial charge in [0.1, 0.15) is 5.75 Å². The lowest BCUT2D eigenvalue weighted by Gasteiger charge is -2.33. The van der Waals surface area contributed by atoms with E-state index in [1.165, 1.54) is 5.56 Å². The standard InChI is InChI=1S/C18H30BrNO/c1-13(2)21-16-9-8-14(10-15(16)19)11-20-18(6,7)12-17(3,4)5/h8-10,13,20H,11-12H2,1-7H3. The number of rotatable bonds is 6. The lowest BCUT2D eigenvalue weighted by Crippen LogP contribution is -2.41. The van der Waals surface area contributed by atoms with Crippen molar-refractivity contribution in [1.82, 2.24) is 5.32 Å². The van der Waals surface area contributed by atoms with Crippen LogP contribution in [-0.4, -0.2) is 11.6 Å². The molecule has 0 heterocycles. The molecule has 0 aromatic heterocycles. The Bertz CT molecular complexity index is 461. The zero-order valence-corrected chi connectivity index (χ0v) is 16.1. The molecule has 0 saturated heterocycles. The van der Waals surface area contributed by atoms with Crippen LogP contribution in [0.2, 0.25) is 0 Å². The first-order chi connectivity index (χ1) is 9.48. The molecule has 0 aliphatic carbocycles. The number of ether oxygens (including phenoxy) is 1. The summed E-state index contributed by atoms with van der Waals surface area (Å²) in [5.74, 6) is 0.905. The Morgan fingerprint density at radius 1 is 1.14 bits per heavy atom. The lowest BCUT2D eigenvalue weighted by atomic mass is 9.82. The van der Waals surface area contributed by atoms with E-state index in [9.17, 15) is 0 Å². The number of hydrogen-bond acceptors (Lipinski definition) is 2. The zero-order chi connectivity index (χ0) is 16.3. The fourth-order valence-corrected chi connectivity index (χ4v) is 3.25. The Morgan fingerprint density at radius 3 is 2.24 bits per heavy atom. The molecule has 1 N–H and O–H groups in total. The number of nitrogens with one attached hydrogen (secondary N) is 1. The predicted molar refractivity (Wildman–Crippen MR) is 94.9 cm³/mol. The maximum atomic E-state index is 5.74. The Labute approximate surface area is 138 Å². The SMILES string of the molecule is CC(C)Oc1ccc(CNC(C)(C)CC(C)(C)C)cc1Br. The fraction of sp³-hybridized carbons (Fsp3) is 0.667. The summed E-state index contributed by atoms with van der Waals surface area (Å²) in [6, 6.07) is 6.30. The quantitative estimate of drug-likeness (QED) is 0.722. The van der Waals surface area contributed by atoms with Crippen molar-refractivity contribution in [3.05, 3.63) is 28.2 Å². The molecule has 120 valence electrons. The van der Waals surface area contributed by atoms with Gasteiger partial charge < -0.3 is 10.1 Å². The van der Waals surface area contributed by atoms with Gasteiger partial charge in [-0.15, -0.1) is 0 Å². The van der Waals surface area contributed by atoms with Crippen molar-refractivity contribution in [2.45, 2.75) is 73.1 Å². The van der Waals surface area contributed by atoms with Crippen LogP contribution in [0.15, 0.2) is 22.7 Å². The van der Waals surface area contributed by atoms with Crippen LogP contribution in [0.25, 0.3) is 0 Å². The van der Waals surface area contributed by atoms with Crippen LogP contribution in [0.1, 0.15) is 60.5 Å². The van der Waals surface area contributed by atoms with Gasteiger partial charge >= 0.3 is 0 Å². The van der Waals surface area contributed by atoms with Crippen molar-refractivity contribution in [1.29, 1.82) is 0 Å². The monoisotopic (exact) mass is 355 g/mol. The van der Waals surface area contributed by atoms with Gasteiger partial charge in [-0.25, -0.2) is 0 Å². The lowest BCUT2D eigenvalue weighted by molar-refractivity contribution is 0.239. The van der Waals surface area contributed by atoms with E-state index in [0.29, 0.717) is 5.41 Å². The molecular weight excluding hydrogens is 326 g/mol. The molecule has 0 aliphatic heterocycles. The molecule has 0 atom stereocenters. The number of benzene rings is 1. The summed E-state index contributed by atoms with van der Waals surface area (Å²) in [5.41, 5.74) is 1.71. The highest BCUT2D eigenvalue weighted by molar-refractivity contribution is 9.10. The minimum absolute atomic E-state index is 0.123. The van der Waals surface area contributed by atoms with Gasteiger partial charge in [-0.1, -0.05) is 26.8 Å². The van der Waals surface area contributed by atoms with Gasteiger partial charge in [-0.2, -0.15) is 0 Å². The van der Waals surface area contributed by atoms with Crippen LogP contribution in [0.3, 0.4) is 0 Å². The second-order valence-corrected chi connectivity index (χ2v) is 8.76. The van der Waals surface area contributed by atoms with Gasteiger partial charge in [-0.05, 0) is 73.2 Å². The van der Waals surface area contributed by atoms with Crippen LogP contribution in [0, 0.1) is 5.41 Å². The Morgan fingerprint density at radius 2 is 1.76 bits per heavy atom. The van der Waals surface area contributed by atoms with Gasteiger partial charge in [-0.3, -0.25) is 0 Å². The molecule has 0 aliphatic rings. The van der Waals surface area contributed by atoms with E-state index in [2.05, 4.69) is 68.0 Å². The van der Waals surface area contributed by atoms with E-state index < -0.39 is 0 Å². The Hall–Kier alpha value is -0.540. The Balaban J connectivity index is 2.66. The third kappa shape index (κ3) is 7.32. The van der Waals surface area contributed by atoms with Gasteiger partial charge in [0, 0.05) is 12.1 Å². The molecule has 0 radical (unpaired) electrons. The van der Waals surface area contributed by atoms with E-state index in [1.807, 2.05) is 19.9 Å². The van der Waals surface area contributed by atoms with Crippen molar-refractivity contribution in [2.75, 3.05) is 0 Å². The highest BCUT2D eigenvalue weighted by Gasteiger charge is 2.24. The average molecular weight is 356 g/mol. The van der Waals surface area contributed by atoms with E-state index in [4.69, 9.17) is 4.74 Å². The topological polar surface area (TPSA) is 21.3 Å². The Kier molecular flexibility index (Phi) is 6.30. The van der Waals surface area contributed by atoms with Gasteiger partial charge in [0.25, 0.3) is 0 Å². The third-order valence-corrected chi connectivity index (χ3v) is 3.72. The maximum absolute atomic E-state index is 5.74. The van der Waals surface area contributed by atoms with Gasteiger partial charge in [0.15, 0.2) is 0 Å². The van der Waals surface area contributed by atoms with E-state index in [1.54, 1.807) is 0 Å². The first kappa shape index (κ1) is 18.5. The van der Waals surface area contributed by atoms with Crippen LogP contribution in [-0.2, 0) is 6.54 Å². The van der Waals surface area contributed by atoms with E-state index in [0.717, 1.165) is 23.2 Å². The van der Waals surface area contributed by atoms with Gasteiger partial charge in [0.05, 0.1) is 10.6 Å². The molecule has 0 saturated carbocycles. The van der Waals surface area contributed by atoms with E-state index in [-0.39, 0.29) is 11.6 Å². The second-order valence-electron chi connectivity index (χ2n) is 7.91. The average Bonchev–Trinajstić information content (AvgIpc) is 2.26. The molecule has 0 unspecified atom stereocenters. The largest absolute Gasteiger partial charge is 0.490 e. The predicted octanol–water partition coefficient (Wildman–Crippen LogP) is 5.54. The molecule has 0 bridgehead atoms. The minimum Gasteiger partial charge on any atom is -0.490 e. The summed E-state index contributed by atoms with van der Waals surface area (Å²) in [4.78, 5) is 0. The molecule has 1 rings (SSSR count). The number of halogens is 1. The molecule has 3 heteroatoms. The third-order valence-electron chi connectivity index (χ3n) is 3.10. The molecule has 0 spiro atoms. The normalized spacial score (nSPS) is 12.8. The first-order valence-corrected chi connectivity index (χ1v) is 8.48. The van der Waals surface area contributed by atoms with Crippen molar-refractivity contribution >= 4 is 15.9 Å². The zero-order valence-electron chi connectivity index (χ0n) is 14.5. The molecule has 21 heavy (non-hydrogen) atoms. The van der Waals surface area contributed by atoms with Crippen molar-refractivity contribution in [3.8, 4) is 5.75 Å². The molecule has 1 aromatic rings. The highest BCUT2D eigenvalue weighted by atomic mass is 79.9. The van der Waals surface area contributed by atoms with Crippen LogP contribution in [0.4, 0.5) is 0 Å². The summed E-state index contributed by atoms with van der Waals surface area (Å²) >= 11 is 3.59. The van der Waals surface area contributed by atoms with Gasteiger partial charge in [0.2, 0.25) is 0 Å². The molecule has 1 aromatic carbocycles. The van der Waals surface area contributed by atoms with Crippen LogP contribution in [0.5, 0.6) is 5.75 Å². The molecule has 0 amide bonds. The highest BCUT2D eigenvalue weighted by Crippen LogP contribution is 2.29. The molecule has 0 fully saturated rings. The maximum Gasteiger partial charge on any atom is 0.133 e. The second kappa shape index (κ2) is 7.15. The summed E-state index contributed by atoms with van der Waals surface area (Å²) in [6.45, 7) is 16.3. The van der Waals surface area contributed by atoms with Crippen LogP contribution < -0.4 is 10.1 Å². The van der Waals surface area contributed by atoms with Crippen molar-refractivity contribution < 1.29 is 4.74 Å². The first-order valence-electron chi connectivity index (χ1n) is 7.69. The van der Waals surface area contributed by atoms with Crippen molar-refractivity contribution in [2.24, 2.45) is 5.41 Å². The number of hydrogen-bond donors (Lipinski definition) is 1. The summed E-state index contributed by atoms with van der Waals surface area (Å²) in [5, 5.41) is 3.66. The molecule has 2 nitrogen and oxygen atoms in total. The summed E-state index contributed by atoms with van der Waals surface area (Å²) < 4.78 is 6.76.